The van der Waals surface area contributed by atoms with Gasteiger partial charge < -0.3 is 14.7 Å². The van der Waals surface area contributed by atoms with Crippen LogP contribution in [0.15, 0.2) is 0 Å². The molecule has 0 spiro atoms. The highest BCUT2D eigenvalue weighted by molar-refractivity contribution is 6.31. The van der Waals surface area contributed by atoms with Crippen LogP contribution in [-0.2, 0) is 4.74 Å². The third kappa shape index (κ3) is 3.20. The van der Waals surface area contributed by atoms with E-state index in [0.717, 1.165) is 0 Å². The van der Waals surface area contributed by atoms with E-state index in [9.17, 15) is 5.11 Å². The Bertz CT molecular complexity index is 424. The molecule has 0 bridgehead atoms. The predicted octanol–water partition coefficient (Wildman–Crippen LogP) is 1.15. The smallest absolute Gasteiger partial charge is 0.231 e. The second-order valence-electron chi connectivity index (χ2n) is 4.74. The van der Waals surface area contributed by atoms with Gasteiger partial charge in [0.15, 0.2) is 0 Å². The lowest BCUT2D eigenvalue weighted by molar-refractivity contribution is -0.101. The van der Waals surface area contributed by atoms with E-state index in [1.54, 1.807) is 0 Å². The van der Waals surface area contributed by atoms with Crippen molar-refractivity contribution in [2.24, 2.45) is 0 Å². The maximum Gasteiger partial charge on any atom is 0.231 e. The molecule has 8 heteroatoms. The molecule has 0 aliphatic carbocycles. The average molecular weight is 293 g/mol. The molecule has 1 aliphatic heterocycles. The van der Waals surface area contributed by atoms with E-state index in [1.165, 1.54) is 0 Å². The van der Waals surface area contributed by atoms with Crippen LogP contribution in [0.25, 0.3) is 0 Å². The monoisotopic (exact) mass is 292 g/mol. The van der Waals surface area contributed by atoms with E-state index in [0.29, 0.717) is 19.0 Å². The van der Waals surface area contributed by atoms with Gasteiger partial charge in [0.2, 0.25) is 16.5 Å². The number of aromatic nitrogens is 3. The van der Waals surface area contributed by atoms with E-state index in [1.807, 2.05) is 18.7 Å². The number of hydrogen-bond donors (Lipinski definition) is 1. The van der Waals surface area contributed by atoms with Crippen molar-refractivity contribution in [1.29, 1.82) is 0 Å². The summed E-state index contributed by atoms with van der Waals surface area (Å²) in [5.74, 6) is 0.398. The predicted molar refractivity (Wildman–Crippen MR) is 68.1 cm³/mol. The second-order valence-corrected chi connectivity index (χ2v) is 5.41. The summed E-state index contributed by atoms with van der Waals surface area (Å²) >= 11 is 11.5. The Morgan fingerprint density at radius 2 is 1.94 bits per heavy atom. The molecular formula is C10H14Cl2N4O2. The maximum atomic E-state index is 9.24. The van der Waals surface area contributed by atoms with E-state index < -0.39 is 5.60 Å². The molecule has 1 atom stereocenters. The van der Waals surface area contributed by atoms with Crippen LogP contribution in [0.5, 0.6) is 0 Å². The number of hydrogen-bond acceptors (Lipinski definition) is 6. The van der Waals surface area contributed by atoms with Gasteiger partial charge in [-0.2, -0.15) is 15.0 Å². The van der Waals surface area contributed by atoms with Gasteiger partial charge >= 0.3 is 0 Å². The van der Waals surface area contributed by atoms with Gasteiger partial charge in [0.25, 0.3) is 0 Å². The average Bonchev–Trinajstić information content (AvgIpc) is 2.25. The summed E-state index contributed by atoms with van der Waals surface area (Å²) in [5.41, 5.74) is -0.406. The lowest BCUT2D eigenvalue weighted by Crippen LogP contribution is -2.54. The van der Waals surface area contributed by atoms with Gasteiger partial charge in [-0.05, 0) is 37.0 Å². The molecule has 2 heterocycles. The van der Waals surface area contributed by atoms with Gasteiger partial charge in [-0.15, -0.1) is 0 Å². The number of halogens is 2. The van der Waals surface area contributed by atoms with Crippen molar-refractivity contribution >= 4 is 29.2 Å². The fraction of sp³-hybridized carbons (Fsp3) is 0.700. The largest absolute Gasteiger partial charge is 0.394 e. The van der Waals surface area contributed by atoms with Crippen molar-refractivity contribution in [3.63, 3.8) is 0 Å². The molecule has 0 radical (unpaired) electrons. The second kappa shape index (κ2) is 5.13. The summed E-state index contributed by atoms with van der Waals surface area (Å²) in [5, 5.41) is 9.34. The standard InChI is InChI=1S/C10H14Cl2N4O2/c1-10(2)5-16(3-6(4-17)18-10)9-14-7(11)13-8(12)15-9/h6,17H,3-5H2,1-2H3. The fourth-order valence-corrected chi connectivity index (χ4v) is 2.36. The van der Waals surface area contributed by atoms with Crippen LogP contribution in [0.2, 0.25) is 10.6 Å². The van der Waals surface area contributed by atoms with Crippen LogP contribution in [0, 0.1) is 0 Å². The number of ether oxygens (including phenoxy) is 1. The van der Waals surface area contributed by atoms with Crippen LogP contribution >= 0.6 is 23.2 Å². The zero-order valence-electron chi connectivity index (χ0n) is 10.1. The molecule has 2 rings (SSSR count). The molecule has 0 aromatic carbocycles. The van der Waals surface area contributed by atoms with Gasteiger partial charge in [-0.25, -0.2) is 0 Å². The Kier molecular flexibility index (Phi) is 3.91. The van der Waals surface area contributed by atoms with Crippen molar-refractivity contribution < 1.29 is 9.84 Å². The first-order valence-electron chi connectivity index (χ1n) is 5.50. The Morgan fingerprint density at radius 3 is 2.50 bits per heavy atom. The Labute approximate surface area is 115 Å². The zero-order chi connectivity index (χ0) is 13.3. The van der Waals surface area contributed by atoms with Crippen molar-refractivity contribution in [3.05, 3.63) is 10.6 Å². The topological polar surface area (TPSA) is 71.4 Å². The first-order chi connectivity index (χ1) is 8.39. The van der Waals surface area contributed by atoms with Crippen LogP contribution in [0.1, 0.15) is 13.8 Å². The van der Waals surface area contributed by atoms with Crippen molar-refractivity contribution in [2.45, 2.75) is 25.6 Å². The highest BCUT2D eigenvalue weighted by Crippen LogP contribution is 2.24. The Hall–Kier alpha value is -0.690. The highest BCUT2D eigenvalue weighted by atomic mass is 35.5. The third-order valence-corrected chi connectivity index (χ3v) is 2.87. The summed E-state index contributed by atoms with van der Waals surface area (Å²) in [7, 11) is 0. The highest BCUT2D eigenvalue weighted by Gasteiger charge is 2.34. The molecule has 100 valence electrons. The minimum absolute atomic E-state index is 0.0508. The van der Waals surface area contributed by atoms with Crippen LogP contribution < -0.4 is 4.90 Å². The molecule has 18 heavy (non-hydrogen) atoms. The number of aliphatic hydroxyl groups excluding tert-OH is 1. The van der Waals surface area contributed by atoms with Gasteiger partial charge in [0.05, 0.1) is 18.3 Å². The molecule has 1 unspecified atom stereocenters. The molecular weight excluding hydrogens is 279 g/mol. The molecule has 1 N–H and O–H groups in total. The number of aliphatic hydroxyl groups is 1. The molecule has 1 saturated heterocycles. The van der Waals surface area contributed by atoms with Crippen LogP contribution in [-0.4, -0.2) is 51.5 Å². The normalized spacial score (nSPS) is 23.2. The van der Waals surface area contributed by atoms with Crippen LogP contribution in [0.3, 0.4) is 0 Å². The number of anilines is 1. The lowest BCUT2D eigenvalue weighted by atomic mass is 10.1. The number of rotatable bonds is 2. The van der Waals surface area contributed by atoms with Crippen molar-refractivity contribution in [2.75, 3.05) is 24.6 Å². The summed E-state index contributed by atoms with van der Waals surface area (Å²) in [6.07, 6.45) is -0.289. The molecule has 6 nitrogen and oxygen atoms in total. The van der Waals surface area contributed by atoms with Gasteiger partial charge in [0.1, 0.15) is 0 Å². The van der Waals surface area contributed by atoms with Crippen LogP contribution in [0.4, 0.5) is 5.95 Å². The van der Waals surface area contributed by atoms with Crippen molar-refractivity contribution in [3.8, 4) is 0 Å². The fourth-order valence-electron chi connectivity index (χ4n) is 2.00. The third-order valence-electron chi connectivity index (χ3n) is 2.54. The Balaban J connectivity index is 2.26. The van der Waals surface area contributed by atoms with E-state index >= 15 is 0 Å². The summed E-state index contributed by atoms with van der Waals surface area (Å²) < 4.78 is 5.71. The lowest BCUT2D eigenvalue weighted by Gasteiger charge is -2.42. The first kappa shape index (κ1) is 13.7. The minimum Gasteiger partial charge on any atom is -0.394 e. The first-order valence-corrected chi connectivity index (χ1v) is 6.26. The van der Waals surface area contributed by atoms with E-state index in [-0.39, 0.29) is 23.3 Å². The summed E-state index contributed by atoms with van der Waals surface area (Å²) in [6, 6.07) is 0. The van der Waals surface area contributed by atoms with E-state index in [4.69, 9.17) is 27.9 Å². The summed E-state index contributed by atoms with van der Waals surface area (Å²) in [4.78, 5) is 13.7. The van der Waals surface area contributed by atoms with Gasteiger partial charge in [-0.3, -0.25) is 0 Å². The molecule has 1 aromatic heterocycles. The molecule has 0 amide bonds. The number of nitrogens with zero attached hydrogens (tertiary/aromatic N) is 4. The zero-order valence-corrected chi connectivity index (χ0v) is 11.6. The van der Waals surface area contributed by atoms with E-state index in [2.05, 4.69) is 15.0 Å². The molecule has 1 fully saturated rings. The quantitative estimate of drug-likeness (QED) is 0.882. The molecule has 0 saturated carbocycles. The minimum atomic E-state index is -0.406. The maximum absolute atomic E-state index is 9.24. The van der Waals surface area contributed by atoms with Crippen molar-refractivity contribution in [1.82, 2.24) is 15.0 Å². The SMILES string of the molecule is CC1(C)CN(c2nc(Cl)nc(Cl)n2)CC(CO)O1. The van der Waals surface area contributed by atoms with Gasteiger partial charge in [0, 0.05) is 13.1 Å². The number of morpholine rings is 1. The molecule has 1 aromatic rings. The van der Waals surface area contributed by atoms with Gasteiger partial charge in [-0.1, -0.05) is 0 Å². The summed E-state index contributed by atoms with van der Waals surface area (Å²) in [6.45, 7) is 4.88. The molecule has 1 aliphatic rings. The Morgan fingerprint density at radius 1 is 1.33 bits per heavy atom.